The van der Waals surface area contributed by atoms with Crippen molar-refractivity contribution in [1.29, 1.82) is 0 Å². The predicted molar refractivity (Wildman–Crippen MR) is 79.5 cm³/mol. The number of hydrogen-bond donors (Lipinski definition) is 0. The maximum absolute atomic E-state index is 12.5. The van der Waals surface area contributed by atoms with Crippen LogP contribution in [-0.4, -0.2) is 12.4 Å². The van der Waals surface area contributed by atoms with Gasteiger partial charge in [-0.3, -0.25) is 4.79 Å². The summed E-state index contributed by atoms with van der Waals surface area (Å²) in [5.41, 5.74) is 2.01. The zero-order chi connectivity index (χ0) is 13.9. The first kappa shape index (κ1) is 13.2. The van der Waals surface area contributed by atoms with Crippen molar-refractivity contribution in [2.45, 2.75) is 18.8 Å². The molecule has 20 heavy (non-hydrogen) atoms. The number of hydrogen-bond acceptors (Lipinski definition) is 2. The Morgan fingerprint density at radius 2 is 1.90 bits per heavy atom. The monoisotopic (exact) mass is 286 g/mol. The highest BCUT2D eigenvalue weighted by atomic mass is 35.5. The van der Waals surface area contributed by atoms with Gasteiger partial charge in [-0.2, -0.15) is 0 Å². The molecule has 0 radical (unpaired) electrons. The molecule has 0 aromatic heterocycles. The summed E-state index contributed by atoms with van der Waals surface area (Å²) in [5.74, 6) is 1.02. The number of halogens is 1. The van der Waals surface area contributed by atoms with Crippen LogP contribution in [0.25, 0.3) is 0 Å². The quantitative estimate of drug-likeness (QED) is 0.852. The van der Waals surface area contributed by atoms with Crippen molar-refractivity contribution in [3.05, 3.63) is 64.7 Å². The maximum atomic E-state index is 12.5. The first-order valence-electron chi connectivity index (χ1n) is 6.73. The fourth-order valence-corrected chi connectivity index (χ4v) is 2.73. The highest BCUT2D eigenvalue weighted by Crippen LogP contribution is 2.34. The van der Waals surface area contributed by atoms with Crippen LogP contribution in [0, 0.1) is 0 Å². The molecule has 0 saturated carbocycles. The third kappa shape index (κ3) is 2.70. The molecule has 1 aliphatic heterocycles. The number of benzene rings is 2. The number of ketones is 1. The summed E-state index contributed by atoms with van der Waals surface area (Å²) < 4.78 is 5.60. The summed E-state index contributed by atoms with van der Waals surface area (Å²) in [4.78, 5) is 12.5. The normalized spacial score (nSPS) is 17.1. The highest BCUT2D eigenvalue weighted by Gasteiger charge is 2.26. The minimum atomic E-state index is -0.0596. The molecule has 3 rings (SSSR count). The minimum absolute atomic E-state index is 0.0596. The molecule has 2 aromatic carbocycles. The molecule has 2 nitrogen and oxygen atoms in total. The predicted octanol–water partition coefficient (Wildman–Crippen LogP) is 4.02. The van der Waals surface area contributed by atoms with Crippen LogP contribution < -0.4 is 4.74 Å². The van der Waals surface area contributed by atoms with Crippen LogP contribution in [0.4, 0.5) is 0 Å². The molecule has 0 spiro atoms. The molecule has 2 aromatic rings. The van der Waals surface area contributed by atoms with Gasteiger partial charge in [0, 0.05) is 22.9 Å². The van der Waals surface area contributed by atoms with Gasteiger partial charge in [-0.1, -0.05) is 41.9 Å². The lowest BCUT2D eigenvalue weighted by atomic mass is 9.87. The van der Waals surface area contributed by atoms with E-state index in [0.717, 1.165) is 23.3 Å². The second kappa shape index (κ2) is 5.68. The topological polar surface area (TPSA) is 26.3 Å². The Hall–Kier alpha value is -1.80. The Labute approximate surface area is 123 Å². The van der Waals surface area contributed by atoms with Crippen molar-refractivity contribution in [3.8, 4) is 5.75 Å². The Morgan fingerprint density at radius 1 is 1.15 bits per heavy atom. The first-order chi connectivity index (χ1) is 9.74. The number of ether oxygens (including phenoxy) is 1. The fourth-order valence-electron chi connectivity index (χ4n) is 2.60. The van der Waals surface area contributed by atoms with Crippen molar-refractivity contribution in [3.63, 3.8) is 0 Å². The van der Waals surface area contributed by atoms with Crippen molar-refractivity contribution in [1.82, 2.24) is 0 Å². The van der Waals surface area contributed by atoms with Crippen LogP contribution in [0.1, 0.15) is 23.5 Å². The van der Waals surface area contributed by atoms with Gasteiger partial charge in [-0.15, -0.1) is 0 Å². The van der Waals surface area contributed by atoms with Crippen LogP contribution in [0.15, 0.2) is 48.5 Å². The van der Waals surface area contributed by atoms with E-state index in [1.165, 1.54) is 0 Å². The summed E-state index contributed by atoms with van der Waals surface area (Å²) in [7, 11) is 0. The SMILES string of the molecule is O=C(Cc1ccc(Cl)cc1)C1CCOc2ccccc21. The second-order valence-corrected chi connectivity index (χ2v) is 5.43. The molecular formula is C17H15ClO2. The molecule has 0 fully saturated rings. The highest BCUT2D eigenvalue weighted by molar-refractivity contribution is 6.30. The van der Waals surface area contributed by atoms with Gasteiger partial charge in [0.1, 0.15) is 11.5 Å². The smallest absolute Gasteiger partial charge is 0.144 e. The van der Waals surface area contributed by atoms with Crippen molar-refractivity contribution < 1.29 is 9.53 Å². The van der Waals surface area contributed by atoms with Gasteiger partial charge >= 0.3 is 0 Å². The fraction of sp³-hybridized carbons (Fsp3) is 0.235. The molecule has 0 aliphatic carbocycles. The van der Waals surface area contributed by atoms with E-state index in [-0.39, 0.29) is 11.7 Å². The lowest BCUT2D eigenvalue weighted by molar-refractivity contribution is -0.120. The van der Waals surface area contributed by atoms with E-state index in [9.17, 15) is 4.79 Å². The number of para-hydroxylation sites is 1. The van der Waals surface area contributed by atoms with E-state index in [4.69, 9.17) is 16.3 Å². The van der Waals surface area contributed by atoms with Crippen LogP contribution >= 0.6 is 11.6 Å². The van der Waals surface area contributed by atoms with Gasteiger partial charge in [0.25, 0.3) is 0 Å². The Kier molecular flexibility index (Phi) is 3.75. The molecule has 0 amide bonds. The zero-order valence-electron chi connectivity index (χ0n) is 11.0. The van der Waals surface area contributed by atoms with E-state index in [2.05, 4.69) is 0 Å². The number of carbonyl (C=O) groups is 1. The average molecular weight is 287 g/mol. The van der Waals surface area contributed by atoms with Gasteiger partial charge in [-0.25, -0.2) is 0 Å². The van der Waals surface area contributed by atoms with Crippen LogP contribution in [0.3, 0.4) is 0 Å². The maximum Gasteiger partial charge on any atom is 0.144 e. The second-order valence-electron chi connectivity index (χ2n) is 5.00. The molecule has 1 atom stereocenters. The lowest BCUT2D eigenvalue weighted by Crippen LogP contribution is -2.22. The molecule has 0 bridgehead atoms. The third-order valence-electron chi connectivity index (χ3n) is 3.64. The van der Waals surface area contributed by atoms with Crippen molar-refractivity contribution in [2.75, 3.05) is 6.61 Å². The standard InChI is InChI=1S/C17H15ClO2/c18-13-7-5-12(6-8-13)11-16(19)14-9-10-20-17-4-2-1-3-15(14)17/h1-8,14H,9-11H2. The van der Waals surface area contributed by atoms with Crippen LogP contribution in [0.5, 0.6) is 5.75 Å². The third-order valence-corrected chi connectivity index (χ3v) is 3.89. The molecule has 0 saturated heterocycles. The van der Waals surface area contributed by atoms with Gasteiger partial charge in [-0.05, 0) is 30.2 Å². The Balaban J connectivity index is 1.80. The average Bonchev–Trinajstić information content (AvgIpc) is 2.49. The molecule has 0 N–H and O–H groups in total. The van der Waals surface area contributed by atoms with Crippen LogP contribution in [0.2, 0.25) is 5.02 Å². The summed E-state index contributed by atoms with van der Waals surface area (Å²) in [6.07, 6.45) is 1.19. The number of rotatable bonds is 3. The summed E-state index contributed by atoms with van der Waals surface area (Å²) in [6, 6.07) is 15.3. The number of carbonyl (C=O) groups excluding carboxylic acids is 1. The summed E-state index contributed by atoms with van der Waals surface area (Å²) in [6.45, 7) is 0.605. The van der Waals surface area contributed by atoms with E-state index in [0.29, 0.717) is 18.1 Å². The van der Waals surface area contributed by atoms with Gasteiger partial charge in [0.05, 0.1) is 6.61 Å². The molecule has 102 valence electrons. The molecule has 3 heteroatoms. The largest absolute Gasteiger partial charge is 0.493 e. The van der Waals surface area contributed by atoms with Crippen molar-refractivity contribution in [2.24, 2.45) is 0 Å². The number of Topliss-reactive ketones (excluding diaryl/α,β-unsaturated/α-hetero) is 1. The van der Waals surface area contributed by atoms with Gasteiger partial charge in [0.2, 0.25) is 0 Å². The summed E-state index contributed by atoms with van der Waals surface area (Å²) in [5, 5.41) is 0.692. The molecule has 1 aliphatic rings. The molecule has 1 heterocycles. The minimum Gasteiger partial charge on any atom is -0.493 e. The van der Waals surface area contributed by atoms with E-state index in [1.807, 2.05) is 48.5 Å². The van der Waals surface area contributed by atoms with Crippen LogP contribution in [-0.2, 0) is 11.2 Å². The molecular weight excluding hydrogens is 272 g/mol. The van der Waals surface area contributed by atoms with E-state index < -0.39 is 0 Å². The zero-order valence-corrected chi connectivity index (χ0v) is 11.8. The van der Waals surface area contributed by atoms with Gasteiger partial charge in [0.15, 0.2) is 0 Å². The Morgan fingerprint density at radius 3 is 2.70 bits per heavy atom. The van der Waals surface area contributed by atoms with E-state index in [1.54, 1.807) is 0 Å². The van der Waals surface area contributed by atoms with E-state index >= 15 is 0 Å². The van der Waals surface area contributed by atoms with Crippen molar-refractivity contribution >= 4 is 17.4 Å². The molecule has 1 unspecified atom stereocenters. The Bertz CT molecular complexity index is 619. The summed E-state index contributed by atoms with van der Waals surface area (Å²) >= 11 is 5.86. The lowest BCUT2D eigenvalue weighted by Gasteiger charge is -2.24. The van der Waals surface area contributed by atoms with Gasteiger partial charge < -0.3 is 4.74 Å². The first-order valence-corrected chi connectivity index (χ1v) is 7.11. The number of fused-ring (bicyclic) bond motifs is 1.